The molecule has 1 fully saturated rings. The maximum Gasteiger partial charge on any atom is 0.337 e. The number of likely N-dealkylation sites (tertiary alicyclic amines) is 1. The first-order valence-corrected chi connectivity index (χ1v) is 12.4. The van der Waals surface area contributed by atoms with Crippen LogP contribution in [0.1, 0.15) is 44.7 Å². The summed E-state index contributed by atoms with van der Waals surface area (Å²) in [5.41, 5.74) is 3.21. The highest BCUT2D eigenvalue weighted by Crippen LogP contribution is 2.48. The lowest BCUT2D eigenvalue weighted by molar-refractivity contribution is 0.0600. The minimum atomic E-state index is -0.357. The van der Waals surface area contributed by atoms with Crippen molar-refractivity contribution >= 4 is 40.8 Å². The summed E-state index contributed by atoms with van der Waals surface area (Å²) in [7, 11) is 1.36. The fourth-order valence-corrected chi connectivity index (χ4v) is 5.72. The van der Waals surface area contributed by atoms with E-state index in [1.165, 1.54) is 25.3 Å². The number of rotatable bonds is 4. The lowest BCUT2D eigenvalue weighted by Gasteiger charge is -2.40. The van der Waals surface area contributed by atoms with E-state index in [4.69, 9.17) is 27.9 Å². The van der Waals surface area contributed by atoms with Crippen molar-refractivity contribution in [2.24, 2.45) is 0 Å². The van der Waals surface area contributed by atoms with Gasteiger partial charge in [0.2, 0.25) is 0 Å². The van der Waals surface area contributed by atoms with Crippen LogP contribution in [0.15, 0.2) is 54.6 Å². The number of anilines is 1. The van der Waals surface area contributed by atoms with Gasteiger partial charge in [0, 0.05) is 29.8 Å². The van der Waals surface area contributed by atoms with Gasteiger partial charge >= 0.3 is 5.97 Å². The van der Waals surface area contributed by atoms with Crippen molar-refractivity contribution in [1.29, 1.82) is 0 Å². The van der Waals surface area contributed by atoms with Crippen molar-refractivity contribution in [2.45, 2.75) is 24.8 Å². The van der Waals surface area contributed by atoms with Gasteiger partial charge in [0.05, 0.1) is 12.7 Å². The number of hydrogen-bond acceptors (Lipinski definition) is 5. The van der Waals surface area contributed by atoms with Crippen LogP contribution in [0.4, 0.5) is 10.1 Å². The second-order valence-electron chi connectivity index (χ2n) is 9.30. The Hall–Kier alpha value is -3.00. The molecule has 5 rings (SSSR count). The number of esters is 1. The first-order chi connectivity index (χ1) is 17.3. The highest BCUT2D eigenvalue weighted by molar-refractivity contribution is 6.33. The van der Waals surface area contributed by atoms with Crippen molar-refractivity contribution in [3.63, 3.8) is 0 Å². The maximum absolute atomic E-state index is 14.3. The summed E-state index contributed by atoms with van der Waals surface area (Å²) in [6, 6.07) is 15.0. The molecule has 2 aliphatic rings. The summed E-state index contributed by atoms with van der Waals surface area (Å²) in [5.74, 6) is -0.909. The van der Waals surface area contributed by atoms with Gasteiger partial charge in [-0.2, -0.15) is 0 Å². The van der Waals surface area contributed by atoms with Gasteiger partial charge in [0.25, 0.3) is 5.91 Å². The third kappa shape index (κ3) is 4.71. The van der Waals surface area contributed by atoms with Crippen LogP contribution in [0.3, 0.4) is 0 Å². The lowest BCUT2D eigenvalue weighted by Crippen LogP contribution is -2.45. The van der Waals surface area contributed by atoms with E-state index in [9.17, 15) is 14.0 Å². The first kappa shape index (κ1) is 24.7. The fraction of sp³-hybridized carbons (Fsp3) is 0.296. The number of piperidine rings is 1. The third-order valence-electron chi connectivity index (χ3n) is 7.13. The molecule has 0 radical (unpaired) electrons. The SMILES string of the molecule is COC(=O)c1ccc(CN2CCC3(CC2)CN(C(=O)c2cc(Cl)nc(Cl)c2)c2ccc(F)cc23)cc1. The number of carbonyl (C=O) groups is 2. The molecule has 186 valence electrons. The molecule has 0 bridgehead atoms. The van der Waals surface area contributed by atoms with E-state index >= 15 is 0 Å². The van der Waals surface area contributed by atoms with Gasteiger partial charge in [-0.15, -0.1) is 0 Å². The van der Waals surface area contributed by atoms with Crippen LogP contribution in [0.2, 0.25) is 10.3 Å². The van der Waals surface area contributed by atoms with E-state index in [-0.39, 0.29) is 33.4 Å². The standard InChI is InChI=1S/C27H24Cl2FN3O3/c1-36-26(35)18-4-2-17(3-5-18)15-32-10-8-27(9-11-32)16-33(22-7-6-20(30)14-21(22)27)25(34)19-12-23(28)31-24(29)13-19/h2-7,12-14H,8-11,15-16H2,1H3. The van der Waals surface area contributed by atoms with E-state index in [2.05, 4.69) is 9.88 Å². The van der Waals surface area contributed by atoms with Crippen molar-refractivity contribution in [3.8, 4) is 0 Å². The average Bonchev–Trinajstić information content (AvgIpc) is 3.17. The van der Waals surface area contributed by atoms with Crippen LogP contribution in [0.25, 0.3) is 0 Å². The summed E-state index contributed by atoms with van der Waals surface area (Å²) < 4.78 is 19.1. The molecule has 0 atom stereocenters. The van der Waals surface area contributed by atoms with Crippen LogP contribution in [0.5, 0.6) is 0 Å². The highest BCUT2D eigenvalue weighted by Gasteiger charge is 2.46. The summed E-state index contributed by atoms with van der Waals surface area (Å²) in [6.45, 7) is 2.79. The fourth-order valence-electron chi connectivity index (χ4n) is 5.26. The Labute approximate surface area is 218 Å². The molecule has 0 N–H and O–H groups in total. The molecule has 36 heavy (non-hydrogen) atoms. The molecule has 0 unspecified atom stereocenters. The van der Waals surface area contributed by atoms with Gasteiger partial charge in [-0.3, -0.25) is 9.69 Å². The van der Waals surface area contributed by atoms with Crippen LogP contribution in [-0.4, -0.2) is 48.5 Å². The van der Waals surface area contributed by atoms with Crippen molar-refractivity contribution in [3.05, 3.63) is 93.0 Å². The Morgan fingerprint density at radius 1 is 1.00 bits per heavy atom. The molecule has 3 aromatic rings. The molecule has 6 nitrogen and oxygen atoms in total. The van der Waals surface area contributed by atoms with Crippen molar-refractivity contribution in [1.82, 2.24) is 9.88 Å². The predicted octanol–water partition coefficient (Wildman–Crippen LogP) is 5.51. The van der Waals surface area contributed by atoms with E-state index < -0.39 is 0 Å². The number of pyridine rings is 1. The van der Waals surface area contributed by atoms with E-state index in [0.717, 1.165) is 49.3 Å². The van der Waals surface area contributed by atoms with E-state index in [1.54, 1.807) is 29.2 Å². The molecule has 1 spiro atoms. The molecule has 3 heterocycles. The molecule has 2 aromatic carbocycles. The van der Waals surface area contributed by atoms with Gasteiger partial charge in [-0.25, -0.2) is 14.2 Å². The number of aromatic nitrogens is 1. The van der Waals surface area contributed by atoms with Crippen molar-refractivity contribution < 1.29 is 18.7 Å². The highest BCUT2D eigenvalue weighted by atomic mass is 35.5. The largest absolute Gasteiger partial charge is 0.465 e. The van der Waals surface area contributed by atoms with Gasteiger partial charge in [-0.05, 0) is 79.5 Å². The van der Waals surface area contributed by atoms with E-state index in [0.29, 0.717) is 17.7 Å². The monoisotopic (exact) mass is 527 g/mol. The Bertz CT molecular complexity index is 1300. The Morgan fingerprint density at radius 2 is 1.67 bits per heavy atom. The number of hydrogen-bond donors (Lipinski definition) is 0. The number of carbonyl (C=O) groups excluding carboxylic acids is 2. The zero-order chi connectivity index (χ0) is 25.4. The molecule has 2 aliphatic heterocycles. The van der Waals surface area contributed by atoms with Crippen LogP contribution < -0.4 is 4.90 Å². The third-order valence-corrected chi connectivity index (χ3v) is 7.52. The topological polar surface area (TPSA) is 62.7 Å². The summed E-state index contributed by atoms with van der Waals surface area (Å²) in [6.07, 6.45) is 1.57. The Kier molecular flexibility index (Phi) is 6.72. The average molecular weight is 528 g/mol. The zero-order valence-electron chi connectivity index (χ0n) is 19.6. The number of methoxy groups -OCH3 is 1. The summed E-state index contributed by atoms with van der Waals surface area (Å²) in [4.78, 5) is 33.1. The van der Waals surface area contributed by atoms with Gasteiger partial charge < -0.3 is 9.64 Å². The minimum absolute atomic E-state index is 0.145. The molecular formula is C27H24Cl2FN3O3. The summed E-state index contributed by atoms with van der Waals surface area (Å²) >= 11 is 12.1. The smallest absolute Gasteiger partial charge is 0.337 e. The predicted molar refractivity (Wildman–Crippen MR) is 136 cm³/mol. The second-order valence-corrected chi connectivity index (χ2v) is 10.1. The second kappa shape index (κ2) is 9.81. The molecule has 1 saturated heterocycles. The molecule has 0 saturated carbocycles. The number of fused-ring (bicyclic) bond motifs is 2. The molecule has 9 heteroatoms. The number of nitrogens with zero attached hydrogens (tertiary/aromatic N) is 3. The lowest BCUT2D eigenvalue weighted by atomic mass is 9.74. The van der Waals surface area contributed by atoms with Gasteiger partial charge in [0.1, 0.15) is 16.1 Å². The number of amides is 1. The molecule has 1 aromatic heterocycles. The molecular weight excluding hydrogens is 504 g/mol. The molecule has 0 aliphatic carbocycles. The zero-order valence-corrected chi connectivity index (χ0v) is 21.2. The van der Waals surface area contributed by atoms with Crippen LogP contribution in [-0.2, 0) is 16.7 Å². The van der Waals surface area contributed by atoms with E-state index in [1.807, 2.05) is 12.1 Å². The van der Waals surface area contributed by atoms with Crippen LogP contribution in [0, 0.1) is 5.82 Å². The number of halogens is 3. The maximum atomic E-state index is 14.3. The first-order valence-electron chi connectivity index (χ1n) is 11.6. The minimum Gasteiger partial charge on any atom is -0.465 e. The van der Waals surface area contributed by atoms with Gasteiger partial charge in [0.15, 0.2) is 0 Å². The number of benzene rings is 2. The quantitative estimate of drug-likeness (QED) is 0.330. The molecule has 1 amide bonds. The normalized spacial score (nSPS) is 16.7. The number of ether oxygens (including phenoxy) is 1. The van der Waals surface area contributed by atoms with Crippen LogP contribution >= 0.6 is 23.2 Å². The Morgan fingerprint density at radius 3 is 2.31 bits per heavy atom. The Balaban J connectivity index is 1.34. The van der Waals surface area contributed by atoms with Crippen molar-refractivity contribution in [2.75, 3.05) is 31.6 Å². The summed E-state index contributed by atoms with van der Waals surface area (Å²) in [5, 5.41) is 0.291. The van der Waals surface area contributed by atoms with Gasteiger partial charge in [-0.1, -0.05) is 35.3 Å².